The monoisotopic (exact) mass is 415 g/mol. The molecule has 1 saturated heterocycles. The molecule has 1 unspecified atom stereocenters. The van der Waals surface area contributed by atoms with Gasteiger partial charge in [0.1, 0.15) is 12.4 Å². The second-order valence-electron chi connectivity index (χ2n) is 7.05. The first-order valence-corrected chi connectivity index (χ1v) is 10.4. The Bertz CT molecular complexity index is 954. The lowest BCUT2D eigenvalue weighted by molar-refractivity contribution is 0.110. The van der Waals surface area contributed by atoms with Crippen molar-refractivity contribution in [3.63, 3.8) is 0 Å². The molecule has 0 bridgehead atoms. The van der Waals surface area contributed by atoms with Crippen molar-refractivity contribution in [2.24, 2.45) is 0 Å². The third-order valence-corrected chi connectivity index (χ3v) is 5.68. The Morgan fingerprint density at radius 2 is 1.96 bits per heavy atom. The van der Waals surface area contributed by atoms with Crippen molar-refractivity contribution >= 4 is 34.0 Å². The lowest BCUT2D eigenvalue weighted by atomic mass is 10.0. The topological polar surface area (TPSA) is 30.5 Å². The highest BCUT2D eigenvalue weighted by Gasteiger charge is 2.16. The van der Waals surface area contributed by atoms with Crippen LogP contribution in [0.5, 0.6) is 5.75 Å². The Kier molecular flexibility index (Phi) is 6.38. The molecule has 1 aliphatic rings. The van der Waals surface area contributed by atoms with Gasteiger partial charge in [0.05, 0.1) is 6.10 Å². The summed E-state index contributed by atoms with van der Waals surface area (Å²) in [4.78, 5) is 0. The van der Waals surface area contributed by atoms with E-state index in [0.29, 0.717) is 22.8 Å². The maximum Gasteiger partial charge on any atom is 0.124 e. The molecule has 0 radical (unpaired) electrons. The average molecular weight is 416 g/mol. The van der Waals surface area contributed by atoms with E-state index in [0.717, 1.165) is 49.4 Å². The lowest BCUT2D eigenvalue weighted by Gasteiger charge is -2.17. The molecule has 0 aromatic heterocycles. The molecule has 0 amide bonds. The van der Waals surface area contributed by atoms with Crippen molar-refractivity contribution in [2.75, 3.05) is 13.2 Å². The third kappa shape index (κ3) is 4.61. The molecule has 1 N–H and O–H groups in total. The van der Waals surface area contributed by atoms with Crippen LogP contribution < -0.4 is 10.1 Å². The van der Waals surface area contributed by atoms with E-state index in [1.165, 1.54) is 10.8 Å². The van der Waals surface area contributed by atoms with Gasteiger partial charge in [-0.2, -0.15) is 0 Å². The third-order valence-electron chi connectivity index (χ3n) is 5.09. The van der Waals surface area contributed by atoms with E-state index in [4.69, 9.17) is 32.7 Å². The molecule has 1 atom stereocenters. The summed E-state index contributed by atoms with van der Waals surface area (Å²) in [5.41, 5.74) is 2.07. The first-order valence-electron chi connectivity index (χ1n) is 9.60. The zero-order valence-corrected chi connectivity index (χ0v) is 17.1. The molecule has 1 heterocycles. The highest BCUT2D eigenvalue weighted by molar-refractivity contribution is 6.35. The van der Waals surface area contributed by atoms with Gasteiger partial charge in [0, 0.05) is 40.9 Å². The molecule has 0 saturated carbocycles. The molecule has 0 aliphatic carbocycles. The highest BCUT2D eigenvalue weighted by atomic mass is 35.5. The predicted octanol–water partition coefficient (Wildman–Crippen LogP) is 5.99. The van der Waals surface area contributed by atoms with Gasteiger partial charge in [0.15, 0.2) is 0 Å². The number of halogens is 2. The number of hydrogen-bond donors (Lipinski definition) is 1. The first-order chi connectivity index (χ1) is 13.7. The van der Waals surface area contributed by atoms with Crippen LogP contribution in [0.25, 0.3) is 10.8 Å². The molecular formula is C23H23Cl2NO2. The van der Waals surface area contributed by atoms with Gasteiger partial charge in [0.2, 0.25) is 0 Å². The fourth-order valence-corrected chi connectivity index (χ4v) is 4.05. The molecule has 4 rings (SSSR count). The van der Waals surface area contributed by atoms with Crippen molar-refractivity contribution in [1.29, 1.82) is 0 Å². The van der Waals surface area contributed by atoms with Gasteiger partial charge in [-0.05, 0) is 41.8 Å². The van der Waals surface area contributed by atoms with Gasteiger partial charge in [-0.15, -0.1) is 0 Å². The van der Waals surface area contributed by atoms with Gasteiger partial charge in [0.25, 0.3) is 0 Å². The quantitative estimate of drug-likeness (QED) is 0.513. The fraction of sp³-hybridized carbons (Fsp3) is 0.304. The van der Waals surface area contributed by atoms with E-state index in [1.807, 2.05) is 18.2 Å². The fourth-order valence-electron chi connectivity index (χ4n) is 3.59. The summed E-state index contributed by atoms with van der Waals surface area (Å²) < 4.78 is 11.9. The van der Waals surface area contributed by atoms with E-state index in [1.54, 1.807) is 6.07 Å². The van der Waals surface area contributed by atoms with Gasteiger partial charge in [-0.25, -0.2) is 0 Å². The molecule has 1 aliphatic heterocycles. The van der Waals surface area contributed by atoms with Gasteiger partial charge in [-0.3, -0.25) is 0 Å². The Labute approximate surface area is 175 Å². The summed E-state index contributed by atoms with van der Waals surface area (Å²) >= 11 is 12.3. The molecule has 0 spiro atoms. The molecule has 3 aromatic rings. The van der Waals surface area contributed by atoms with E-state index in [9.17, 15) is 0 Å². The Morgan fingerprint density at radius 1 is 1.07 bits per heavy atom. The number of benzene rings is 3. The standard InChI is InChI=1S/C23H23Cl2NO2/c24-18-9-7-17(22(25)12-18)15-28-23-10-8-16-4-1-2-6-20(16)21(23)14-26-13-19-5-3-11-27-19/h1-2,4,6-10,12,19,26H,3,5,11,13-15H2. The molecule has 146 valence electrons. The van der Waals surface area contributed by atoms with Crippen LogP contribution in [0.4, 0.5) is 0 Å². The number of rotatable bonds is 7. The smallest absolute Gasteiger partial charge is 0.124 e. The minimum atomic E-state index is 0.312. The summed E-state index contributed by atoms with van der Waals surface area (Å²) in [7, 11) is 0. The second kappa shape index (κ2) is 9.15. The average Bonchev–Trinajstić information content (AvgIpc) is 3.21. The van der Waals surface area contributed by atoms with Gasteiger partial charge in [-0.1, -0.05) is 59.6 Å². The van der Waals surface area contributed by atoms with Crippen LogP contribution in [0, 0.1) is 0 Å². The van der Waals surface area contributed by atoms with Crippen molar-refractivity contribution in [3.8, 4) is 5.75 Å². The maximum atomic E-state index is 6.30. The Balaban J connectivity index is 1.53. The largest absolute Gasteiger partial charge is 0.488 e. The van der Waals surface area contributed by atoms with Crippen molar-refractivity contribution in [1.82, 2.24) is 5.32 Å². The molecular weight excluding hydrogens is 393 g/mol. The number of nitrogens with one attached hydrogen (secondary N) is 1. The zero-order chi connectivity index (χ0) is 19.3. The van der Waals surface area contributed by atoms with Crippen LogP contribution in [-0.4, -0.2) is 19.3 Å². The van der Waals surface area contributed by atoms with Crippen molar-refractivity contribution < 1.29 is 9.47 Å². The molecule has 3 nitrogen and oxygen atoms in total. The predicted molar refractivity (Wildman–Crippen MR) is 115 cm³/mol. The molecule has 5 heteroatoms. The van der Waals surface area contributed by atoms with Crippen LogP contribution in [0.1, 0.15) is 24.0 Å². The molecule has 1 fully saturated rings. The zero-order valence-electron chi connectivity index (χ0n) is 15.6. The summed E-state index contributed by atoms with van der Waals surface area (Å²) in [6.07, 6.45) is 2.59. The highest BCUT2D eigenvalue weighted by Crippen LogP contribution is 2.30. The minimum absolute atomic E-state index is 0.312. The normalized spacial score (nSPS) is 16.6. The van der Waals surface area contributed by atoms with Crippen LogP contribution in [0.3, 0.4) is 0 Å². The first kappa shape index (κ1) is 19.5. The summed E-state index contributed by atoms with van der Waals surface area (Å²) in [6.45, 7) is 2.85. The van der Waals surface area contributed by atoms with E-state index in [2.05, 4.69) is 35.6 Å². The summed E-state index contributed by atoms with van der Waals surface area (Å²) in [5, 5.41) is 7.18. The van der Waals surface area contributed by atoms with E-state index >= 15 is 0 Å². The molecule has 3 aromatic carbocycles. The van der Waals surface area contributed by atoms with E-state index < -0.39 is 0 Å². The summed E-state index contributed by atoms with van der Waals surface area (Å²) in [6, 6.07) is 18.0. The number of fused-ring (bicyclic) bond motifs is 1. The lowest BCUT2D eigenvalue weighted by Crippen LogP contribution is -2.26. The Hall–Kier alpha value is -1.78. The minimum Gasteiger partial charge on any atom is -0.488 e. The van der Waals surface area contributed by atoms with Crippen molar-refractivity contribution in [2.45, 2.75) is 32.1 Å². The van der Waals surface area contributed by atoms with Gasteiger partial charge >= 0.3 is 0 Å². The SMILES string of the molecule is Clc1ccc(COc2ccc3ccccc3c2CNCC2CCCO2)c(Cl)c1. The van der Waals surface area contributed by atoms with Crippen LogP contribution >= 0.6 is 23.2 Å². The summed E-state index contributed by atoms with van der Waals surface area (Å²) in [5.74, 6) is 0.865. The Morgan fingerprint density at radius 3 is 2.79 bits per heavy atom. The van der Waals surface area contributed by atoms with Crippen LogP contribution in [0.2, 0.25) is 10.0 Å². The van der Waals surface area contributed by atoms with Gasteiger partial charge < -0.3 is 14.8 Å². The number of ether oxygens (including phenoxy) is 2. The molecule has 28 heavy (non-hydrogen) atoms. The maximum absolute atomic E-state index is 6.30. The van der Waals surface area contributed by atoms with Crippen LogP contribution in [-0.2, 0) is 17.9 Å². The van der Waals surface area contributed by atoms with E-state index in [-0.39, 0.29) is 0 Å². The van der Waals surface area contributed by atoms with Crippen molar-refractivity contribution in [3.05, 3.63) is 75.8 Å². The number of hydrogen-bond acceptors (Lipinski definition) is 3. The second-order valence-corrected chi connectivity index (χ2v) is 7.90. The van der Waals surface area contributed by atoms with Crippen LogP contribution in [0.15, 0.2) is 54.6 Å².